The molecule has 1 saturated carbocycles. The molecule has 6 nitrogen and oxygen atoms in total. The fourth-order valence-corrected chi connectivity index (χ4v) is 3.87. The van der Waals surface area contributed by atoms with Crippen molar-refractivity contribution < 1.29 is 14.3 Å². The summed E-state index contributed by atoms with van der Waals surface area (Å²) >= 11 is 0. The minimum Gasteiger partial charge on any atom is -0.366 e. The molecule has 23 heavy (non-hydrogen) atoms. The molecular formula is C17H29N3O3. The lowest BCUT2D eigenvalue weighted by atomic mass is 9.86. The number of morpholine rings is 1. The molecule has 1 N–H and O–H groups in total. The molecule has 0 aromatic rings. The van der Waals surface area contributed by atoms with Crippen molar-refractivity contribution >= 4 is 11.8 Å². The summed E-state index contributed by atoms with van der Waals surface area (Å²) < 4.78 is 5.53. The van der Waals surface area contributed by atoms with Crippen molar-refractivity contribution in [1.82, 2.24) is 15.1 Å². The molecular weight excluding hydrogens is 294 g/mol. The lowest BCUT2D eigenvalue weighted by Crippen LogP contribution is -2.56. The average Bonchev–Trinajstić information content (AvgIpc) is 2.63. The van der Waals surface area contributed by atoms with Crippen molar-refractivity contribution in [2.45, 2.75) is 44.6 Å². The van der Waals surface area contributed by atoms with Gasteiger partial charge in [-0.25, -0.2) is 0 Å². The maximum Gasteiger partial charge on any atom is 0.253 e. The van der Waals surface area contributed by atoms with Crippen LogP contribution in [-0.4, -0.2) is 73.6 Å². The molecule has 3 aliphatic rings. The third-order valence-electron chi connectivity index (χ3n) is 5.34. The van der Waals surface area contributed by atoms with E-state index < -0.39 is 0 Å². The largest absolute Gasteiger partial charge is 0.366 e. The molecule has 1 unspecified atom stereocenters. The van der Waals surface area contributed by atoms with Gasteiger partial charge in [-0.05, 0) is 18.8 Å². The maximum absolute atomic E-state index is 12.4. The van der Waals surface area contributed by atoms with Crippen molar-refractivity contribution in [3.05, 3.63) is 0 Å². The van der Waals surface area contributed by atoms with Gasteiger partial charge in [0.05, 0.1) is 6.61 Å². The molecule has 3 fully saturated rings. The molecule has 0 aromatic heterocycles. The summed E-state index contributed by atoms with van der Waals surface area (Å²) in [5.41, 5.74) is 0. The van der Waals surface area contributed by atoms with Gasteiger partial charge in [0.2, 0.25) is 5.91 Å². The van der Waals surface area contributed by atoms with Crippen molar-refractivity contribution in [1.29, 1.82) is 0 Å². The zero-order chi connectivity index (χ0) is 16.1. The van der Waals surface area contributed by atoms with E-state index in [1.165, 1.54) is 32.1 Å². The summed E-state index contributed by atoms with van der Waals surface area (Å²) in [6.07, 6.45) is 6.62. The number of ether oxygens (including phenoxy) is 1. The minimum absolute atomic E-state index is 0.0663. The highest BCUT2D eigenvalue weighted by atomic mass is 16.5. The van der Waals surface area contributed by atoms with Crippen molar-refractivity contribution in [2.75, 3.05) is 45.9 Å². The first kappa shape index (κ1) is 16.7. The third-order valence-corrected chi connectivity index (χ3v) is 5.34. The van der Waals surface area contributed by atoms with E-state index in [0.717, 1.165) is 6.54 Å². The lowest BCUT2D eigenvalue weighted by Gasteiger charge is -2.37. The van der Waals surface area contributed by atoms with Gasteiger partial charge in [0, 0.05) is 45.7 Å². The van der Waals surface area contributed by atoms with Crippen LogP contribution < -0.4 is 5.32 Å². The van der Waals surface area contributed by atoms with E-state index in [1.807, 2.05) is 9.80 Å². The van der Waals surface area contributed by atoms with Gasteiger partial charge >= 0.3 is 0 Å². The number of nitrogens with one attached hydrogen (secondary N) is 1. The molecule has 2 aliphatic heterocycles. The smallest absolute Gasteiger partial charge is 0.253 e. The second kappa shape index (κ2) is 8.11. The van der Waals surface area contributed by atoms with Gasteiger partial charge < -0.3 is 19.9 Å². The Morgan fingerprint density at radius 1 is 1.00 bits per heavy atom. The van der Waals surface area contributed by atoms with Gasteiger partial charge in [0.15, 0.2) is 0 Å². The molecule has 3 rings (SSSR count). The molecule has 0 bridgehead atoms. The van der Waals surface area contributed by atoms with Crippen LogP contribution in [0.2, 0.25) is 0 Å². The van der Waals surface area contributed by atoms with E-state index in [4.69, 9.17) is 4.74 Å². The third kappa shape index (κ3) is 4.44. The number of carbonyl (C=O) groups excluding carboxylic acids is 2. The number of hydrogen-bond acceptors (Lipinski definition) is 4. The Hall–Kier alpha value is -1.14. The van der Waals surface area contributed by atoms with E-state index in [9.17, 15) is 9.59 Å². The van der Waals surface area contributed by atoms with E-state index in [-0.39, 0.29) is 17.9 Å². The second-order valence-electron chi connectivity index (χ2n) is 6.98. The summed E-state index contributed by atoms with van der Waals surface area (Å²) in [6, 6.07) is 0. The molecule has 2 amide bonds. The zero-order valence-corrected chi connectivity index (χ0v) is 14.0. The van der Waals surface area contributed by atoms with Crippen molar-refractivity contribution in [3.8, 4) is 0 Å². The van der Waals surface area contributed by atoms with Gasteiger partial charge in [-0.3, -0.25) is 9.59 Å². The monoisotopic (exact) mass is 323 g/mol. The van der Waals surface area contributed by atoms with Crippen LogP contribution in [0.1, 0.15) is 38.5 Å². The zero-order valence-electron chi connectivity index (χ0n) is 14.0. The first-order chi connectivity index (χ1) is 11.2. The number of hydrogen-bond donors (Lipinski definition) is 1. The summed E-state index contributed by atoms with van der Waals surface area (Å²) in [4.78, 5) is 28.6. The molecule has 130 valence electrons. The number of carbonyl (C=O) groups is 2. The second-order valence-corrected chi connectivity index (χ2v) is 6.98. The topological polar surface area (TPSA) is 61.9 Å². The van der Waals surface area contributed by atoms with Crippen LogP contribution in [-0.2, 0) is 14.3 Å². The molecule has 0 spiro atoms. The van der Waals surface area contributed by atoms with Crippen LogP contribution in [0.15, 0.2) is 0 Å². The standard InChI is InChI=1S/C17H29N3O3/c21-16(12-14-4-2-1-3-5-14)19-7-9-20(10-8-19)17(22)15-13-18-6-11-23-15/h14-15,18H,1-13H2. The first-order valence-corrected chi connectivity index (χ1v) is 9.13. The van der Waals surface area contributed by atoms with Gasteiger partial charge in [-0.1, -0.05) is 19.3 Å². The summed E-state index contributed by atoms with van der Waals surface area (Å²) in [5.74, 6) is 0.925. The van der Waals surface area contributed by atoms with Crippen molar-refractivity contribution in [3.63, 3.8) is 0 Å². The van der Waals surface area contributed by atoms with Gasteiger partial charge in [0.1, 0.15) is 6.10 Å². The quantitative estimate of drug-likeness (QED) is 0.827. The molecule has 0 aromatic carbocycles. The maximum atomic E-state index is 12.4. The fourth-order valence-electron chi connectivity index (χ4n) is 3.87. The van der Waals surface area contributed by atoms with Crippen LogP contribution in [0.25, 0.3) is 0 Å². The Morgan fingerprint density at radius 2 is 1.70 bits per heavy atom. The van der Waals surface area contributed by atoms with Gasteiger partial charge in [-0.15, -0.1) is 0 Å². The first-order valence-electron chi connectivity index (χ1n) is 9.13. The van der Waals surface area contributed by atoms with Crippen LogP contribution in [0.4, 0.5) is 0 Å². The number of rotatable bonds is 3. The van der Waals surface area contributed by atoms with Crippen LogP contribution >= 0.6 is 0 Å². The molecule has 2 saturated heterocycles. The number of piperazine rings is 1. The van der Waals surface area contributed by atoms with Gasteiger partial charge in [-0.2, -0.15) is 0 Å². The Balaban J connectivity index is 1.42. The molecule has 2 heterocycles. The Morgan fingerprint density at radius 3 is 2.35 bits per heavy atom. The summed E-state index contributed by atoms with van der Waals surface area (Å²) in [6.45, 7) is 4.60. The predicted octanol–water partition coefficient (Wildman–Crippen LogP) is 0.616. The highest BCUT2D eigenvalue weighted by Gasteiger charge is 2.31. The highest BCUT2D eigenvalue weighted by molar-refractivity contribution is 5.82. The van der Waals surface area contributed by atoms with Gasteiger partial charge in [0.25, 0.3) is 5.91 Å². The lowest BCUT2D eigenvalue weighted by molar-refractivity contribution is -0.149. The summed E-state index contributed by atoms with van der Waals surface area (Å²) in [5, 5.41) is 3.19. The fraction of sp³-hybridized carbons (Fsp3) is 0.882. The van der Waals surface area contributed by atoms with E-state index >= 15 is 0 Å². The highest BCUT2D eigenvalue weighted by Crippen LogP contribution is 2.27. The van der Waals surface area contributed by atoms with E-state index in [1.54, 1.807) is 0 Å². The van der Waals surface area contributed by atoms with Crippen LogP contribution in [0.3, 0.4) is 0 Å². The Bertz CT molecular complexity index is 409. The van der Waals surface area contributed by atoms with Crippen molar-refractivity contribution in [2.24, 2.45) is 5.92 Å². The molecule has 6 heteroatoms. The number of nitrogens with zero attached hydrogens (tertiary/aromatic N) is 2. The minimum atomic E-state index is -0.353. The molecule has 1 aliphatic carbocycles. The normalized spacial score (nSPS) is 27.0. The summed E-state index contributed by atoms with van der Waals surface area (Å²) in [7, 11) is 0. The van der Waals surface area contributed by atoms with E-state index in [0.29, 0.717) is 51.7 Å². The van der Waals surface area contributed by atoms with Crippen LogP contribution in [0.5, 0.6) is 0 Å². The van der Waals surface area contributed by atoms with E-state index in [2.05, 4.69) is 5.32 Å². The molecule has 0 radical (unpaired) electrons. The number of amides is 2. The average molecular weight is 323 g/mol. The Kier molecular flexibility index (Phi) is 5.89. The Labute approximate surface area is 138 Å². The predicted molar refractivity (Wildman–Crippen MR) is 87.0 cm³/mol. The van der Waals surface area contributed by atoms with Crippen LogP contribution in [0, 0.1) is 5.92 Å². The molecule has 1 atom stereocenters. The SMILES string of the molecule is O=C(CC1CCCCC1)N1CCN(C(=O)C2CNCCO2)CC1.